The first-order valence-electron chi connectivity index (χ1n) is 5.44. The first-order valence-corrected chi connectivity index (χ1v) is 6.26. The molecular weight excluding hydrogens is 206 g/mol. The molecule has 0 aromatic carbocycles. The molecular formula is C12H17NOS. The Labute approximate surface area is 94.9 Å². The normalized spacial score (nSPS) is 21.0. The lowest BCUT2D eigenvalue weighted by Crippen LogP contribution is -2.28. The Bertz CT molecular complexity index is 383. The first kappa shape index (κ1) is 10.7. The van der Waals surface area contributed by atoms with Crippen molar-refractivity contribution in [3.63, 3.8) is 0 Å². The second-order valence-electron chi connectivity index (χ2n) is 4.47. The van der Waals surface area contributed by atoms with Gasteiger partial charge in [0.05, 0.1) is 5.56 Å². The summed E-state index contributed by atoms with van der Waals surface area (Å²) in [5, 5.41) is 0. The highest BCUT2D eigenvalue weighted by Crippen LogP contribution is 2.24. The fraction of sp³-hybridized carbons (Fsp3) is 0.583. The van der Waals surface area contributed by atoms with Crippen molar-refractivity contribution in [3.8, 4) is 0 Å². The first-order chi connectivity index (χ1) is 7.08. The lowest BCUT2D eigenvalue weighted by Gasteiger charge is -2.15. The Morgan fingerprint density at radius 3 is 2.73 bits per heavy atom. The Morgan fingerprint density at radius 2 is 2.27 bits per heavy atom. The van der Waals surface area contributed by atoms with Gasteiger partial charge in [0.1, 0.15) is 0 Å². The average Bonchev–Trinajstić information content (AvgIpc) is 2.71. The van der Waals surface area contributed by atoms with Crippen LogP contribution in [0.2, 0.25) is 0 Å². The summed E-state index contributed by atoms with van der Waals surface area (Å²) in [6.07, 6.45) is 1.15. The van der Waals surface area contributed by atoms with Gasteiger partial charge < -0.3 is 4.90 Å². The summed E-state index contributed by atoms with van der Waals surface area (Å²) in [6, 6.07) is 2.02. The lowest BCUT2D eigenvalue weighted by atomic mass is 10.2. The van der Waals surface area contributed by atoms with Gasteiger partial charge in [0.25, 0.3) is 5.91 Å². The maximum Gasteiger partial charge on any atom is 0.254 e. The van der Waals surface area contributed by atoms with Gasteiger partial charge in [-0.05, 0) is 32.3 Å². The molecule has 2 heterocycles. The molecule has 0 unspecified atom stereocenters. The standard InChI is InChI=1S/C12H17NOS/c1-8-4-5-13(7-8)12(14)11-6-9(2)15-10(11)3/h6,8H,4-5,7H2,1-3H3/t8-/m1/s1. The van der Waals surface area contributed by atoms with E-state index in [1.807, 2.05) is 17.9 Å². The Kier molecular flexibility index (Phi) is 2.83. The molecule has 0 spiro atoms. The summed E-state index contributed by atoms with van der Waals surface area (Å²) in [4.78, 5) is 16.5. The number of aryl methyl sites for hydroxylation is 2. The predicted molar refractivity (Wildman–Crippen MR) is 63.5 cm³/mol. The highest BCUT2D eigenvalue weighted by molar-refractivity contribution is 7.12. The van der Waals surface area contributed by atoms with E-state index in [1.165, 1.54) is 4.88 Å². The maximum atomic E-state index is 12.2. The van der Waals surface area contributed by atoms with Crippen LogP contribution >= 0.6 is 11.3 Å². The van der Waals surface area contributed by atoms with Crippen molar-refractivity contribution in [2.24, 2.45) is 5.92 Å². The van der Waals surface area contributed by atoms with Crippen LogP contribution in [0, 0.1) is 19.8 Å². The number of carbonyl (C=O) groups is 1. The predicted octanol–water partition coefficient (Wildman–Crippen LogP) is 2.85. The van der Waals surface area contributed by atoms with E-state index in [9.17, 15) is 4.79 Å². The molecule has 0 bridgehead atoms. The molecule has 1 fully saturated rings. The van der Waals surface area contributed by atoms with E-state index in [0.717, 1.165) is 30.0 Å². The number of carbonyl (C=O) groups excluding carboxylic acids is 1. The van der Waals surface area contributed by atoms with Gasteiger partial charge in [0.15, 0.2) is 0 Å². The highest BCUT2D eigenvalue weighted by atomic mass is 32.1. The third-order valence-corrected chi connectivity index (χ3v) is 3.95. The number of hydrogen-bond acceptors (Lipinski definition) is 2. The fourth-order valence-corrected chi connectivity index (χ4v) is 3.05. The number of amides is 1. The van der Waals surface area contributed by atoms with E-state index >= 15 is 0 Å². The van der Waals surface area contributed by atoms with Gasteiger partial charge in [0, 0.05) is 22.8 Å². The Morgan fingerprint density at radius 1 is 1.53 bits per heavy atom. The molecule has 1 aliphatic heterocycles. The van der Waals surface area contributed by atoms with Gasteiger partial charge in [-0.3, -0.25) is 4.79 Å². The minimum atomic E-state index is 0.223. The SMILES string of the molecule is Cc1cc(C(=O)N2CC[C@@H](C)C2)c(C)s1. The average molecular weight is 223 g/mol. The maximum absolute atomic E-state index is 12.2. The van der Waals surface area contributed by atoms with E-state index in [1.54, 1.807) is 11.3 Å². The third-order valence-electron chi connectivity index (χ3n) is 2.98. The van der Waals surface area contributed by atoms with Crippen molar-refractivity contribution in [3.05, 3.63) is 21.4 Å². The van der Waals surface area contributed by atoms with Crippen LogP contribution < -0.4 is 0 Å². The third kappa shape index (κ3) is 2.07. The highest BCUT2D eigenvalue weighted by Gasteiger charge is 2.25. The number of likely N-dealkylation sites (tertiary alicyclic amines) is 1. The van der Waals surface area contributed by atoms with Gasteiger partial charge in [0.2, 0.25) is 0 Å². The van der Waals surface area contributed by atoms with E-state index in [-0.39, 0.29) is 5.91 Å². The van der Waals surface area contributed by atoms with Crippen LogP contribution in [0.4, 0.5) is 0 Å². The van der Waals surface area contributed by atoms with Crippen molar-refractivity contribution in [2.45, 2.75) is 27.2 Å². The van der Waals surface area contributed by atoms with E-state index in [2.05, 4.69) is 13.8 Å². The summed E-state index contributed by atoms with van der Waals surface area (Å²) in [6.45, 7) is 8.14. The van der Waals surface area contributed by atoms with Crippen molar-refractivity contribution in [2.75, 3.05) is 13.1 Å². The molecule has 1 aromatic heterocycles. The van der Waals surface area contributed by atoms with Crippen LogP contribution in [0.1, 0.15) is 33.5 Å². The number of hydrogen-bond donors (Lipinski definition) is 0. The summed E-state index contributed by atoms with van der Waals surface area (Å²) < 4.78 is 0. The molecule has 15 heavy (non-hydrogen) atoms. The molecule has 1 saturated heterocycles. The van der Waals surface area contributed by atoms with Gasteiger partial charge in [-0.1, -0.05) is 6.92 Å². The lowest BCUT2D eigenvalue weighted by molar-refractivity contribution is 0.0788. The quantitative estimate of drug-likeness (QED) is 0.717. The topological polar surface area (TPSA) is 20.3 Å². The summed E-state index contributed by atoms with van der Waals surface area (Å²) in [7, 11) is 0. The molecule has 1 atom stereocenters. The summed E-state index contributed by atoms with van der Waals surface area (Å²) in [5.41, 5.74) is 0.909. The van der Waals surface area contributed by atoms with Crippen molar-refractivity contribution in [1.82, 2.24) is 4.90 Å². The van der Waals surface area contributed by atoms with E-state index in [0.29, 0.717) is 5.92 Å². The minimum absolute atomic E-state index is 0.223. The van der Waals surface area contributed by atoms with Gasteiger partial charge in [-0.25, -0.2) is 0 Å². The summed E-state index contributed by atoms with van der Waals surface area (Å²) >= 11 is 1.71. The van der Waals surface area contributed by atoms with Crippen LogP contribution in [-0.2, 0) is 0 Å². The molecule has 1 amide bonds. The molecule has 0 aliphatic carbocycles. The van der Waals surface area contributed by atoms with Crippen LogP contribution in [0.15, 0.2) is 6.07 Å². The monoisotopic (exact) mass is 223 g/mol. The zero-order valence-electron chi connectivity index (χ0n) is 9.54. The zero-order valence-corrected chi connectivity index (χ0v) is 10.4. The van der Waals surface area contributed by atoms with Crippen molar-refractivity contribution in [1.29, 1.82) is 0 Å². The van der Waals surface area contributed by atoms with Gasteiger partial charge in [-0.15, -0.1) is 11.3 Å². The largest absolute Gasteiger partial charge is 0.338 e. The molecule has 0 radical (unpaired) electrons. The van der Waals surface area contributed by atoms with E-state index < -0.39 is 0 Å². The molecule has 1 aliphatic rings. The second-order valence-corrected chi connectivity index (χ2v) is 5.93. The van der Waals surface area contributed by atoms with Crippen molar-refractivity contribution < 1.29 is 4.79 Å². The molecule has 1 aromatic rings. The summed E-state index contributed by atoms with van der Waals surface area (Å²) in [5.74, 6) is 0.884. The van der Waals surface area contributed by atoms with Crippen LogP contribution in [-0.4, -0.2) is 23.9 Å². The molecule has 0 N–H and O–H groups in total. The van der Waals surface area contributed by atoms with Gasteiger partial charge in [-0.2, -0.15) is 0 Å². The van der Waals surface area contributed by atoms with Crippen molar-refractivity contribution >= 4 is 17.2 Å². The van der Waals surface area contributed by atoms with Crippen LogP contribution in [0.25, 0.3) is 0 Å². The molecule has 3 heteroatoms. The molecule has 82 valence electrons. The molecule has 2 nitrogen and oxygen atoms in total. The van der Waals surface area contributed by atoms with E-state index in [4.69, 9.17) is 0 Å². The van der Waals surface area contributed by atoms with Crippen LogP contribution in [0.3, 0.4) is 0 Å². The number of rotatable bonds is 1. The minimum Gasteiger partial charge on any atom is -0.338 e. The second kappa shape index (κ2) is 3.97. The smallest absolute Gasteiger partial charge is 0.254 e. The Hall–Kier alpha value is -0.830. The number of thiophene rings is 1. The molecule has 2 rings (SSSR count). The zero-order chi connectivity index (χ0) is 11.0. The number of nitrogens with zero attached hydrogens (tertiary/aromatic N) is 1. The van der Waals surface area contributed by atoms with Gasteiger partial charge >= 0.3 is 0 Å². The molecule has 0 saturated carbocycles. The Balaban J connectivity index is 2.17. The fourth-order valence-electron chi connectivity index (χ4n) is 2.13. The van der Waals surface area contributed by atoms with Crippen LogP contribution in [0.5, 0.6) is 0 Å².